The summed E-state index contributed by atoms with van der Waals surface area (Å²) < 4.78 is 0. The van der Waals surface area contributed by atoms with Crippen LogP contribution in [0.4, 0.5) is 5.69 Å². The van der Waals surface area contributed by atoms with E-state index >= 15 is 0 Å². The van der Waals surface area contributed by atoms with Crippen molar-refractivity contribution in [1.82, 2.24) is 10.4 Å². The predicted octanol–water partition coefficient (Wildman–Crippen LogP) is 2.43. The number of hydrogen-bond donors (Lipinski definition) is 2. The molecular formula is C20H27N3O3. The molecule has 2 aliphatic rings. The first-order chi connectivity index (χ1) is 12.7. The van der Waals surface area contributed by atoms with Gasteiger partial charge in [0.05, 0.1) is 0 Å². The number of nitrogens with one attached hydrogen (secondary N) is 1. The van der Waals surface area contributed by atoms with Gasteiger partial charge in [0.25, 0.3) is 5.91 Å². The molecule has 0 bridgehead atoms. The number of hydroxylamine groups is 1. The third-order valence-electron chi connectivity index (χ3n) is 5.35. The fourth-order valence-electron chi connectivity index (χ4n) is 3.89. The van der Waals surface area contributed by atoms with E-state index in [0.29, 0.717) is 5.91 Å². The van der Waals surface area contributed by atoms with Gasteiger partial charge in [-0.3, -0.25) is 14.8 Å². The van der Waals surface area contributed by atoms with Crippen molar-refractivity contribution in [3.63, 3.8) is 0 Å². The topological polar surface area (TPSA) is 72.9 Å². The molecule has 0 spiro atoms. The Labute approximate surface area is 154 Å². The van der Waals surface area contributed by atoms with Gasteiger partial charge in [0, 0.05) is 43.9 Å². The largest absolute Gasteiger partial charge is 0.367 e. The third kappa shape index (κ3) is 4.43. The molecule has 1 saturated carbocycles. The van der Waals surface area contributed by atoms with Crippen LogP contribution in [0.2, 0.25) is 0 Å². The molecule has 1 aliphatic carbocycles. The minimum absolute atomic E-state index is 0.225. The van der Waals surface area contributed by atoms with Crippen LogP contribution in [0, 0.1) is 5.92 Å². The number of piperazine rings is 1. The Morgan fingerprint density at radius 1 is 1.04 bits per heavy atom. The molecule has 0 aromatic heterocycles. The van der Waals surface area contributed by atoms with Crippen LogP contribution in [0.1, 0.15) is 37.7 Å². The first-order valence-corrected chi connectivity index (χ1v) is 9.44. The maximum Gasteiger partial charge on any atom is 0.267 e. The smallest absolute Gasteiger partial charge is 0.267 e. The van der Waals surface area contributed by atoms with Crippen LogP contribution in [0.3, 0.4) is 0 Å². The normalized spacial score (nSPS) is 19.0. The summed E-state index contributed by atoms with van der Waals surface area (Å²) in [6, 6.07) is 7.85. The maximum absolute atomic E-state index is 12.7. The minimum Gasteiger partial charge on any atom is -0.367 e. The number of rotatable bonds is 4. The number of amides is 2. The second kappa shape index (κ2) is 8.85. The van der Waals surface area contributed by atoms with Crippen molar-refractivity contribution in [2.45, 2.75) is 32.1 Å². The minimum atomic E-state index is -0.553. The average molecular weight is 357 g/mol. The van der Waals surface area contributed by atoms with Crippen LogP contribution < -0.4 is 10.4 Å². The predicted molar refractivity (Wildman–Crippen MR) is 101 cm³/mol. The molecule has 3 rings (SSSR count). The third-order valence-corrected chi connectivity index (χ3v) is 5.35. The molecule has 0 radical (unpaired) electrons. The van der Waals surface area contributed by atoms with Crippen molar-refractivity contribution < 1.29 is 14.8 Å². The van der Waals surface area contributed by atoms with E-state index in [-0.39, 0.29) is 5.92 Å². The van der Waals surface area contributed by atoms with Crippen LogP contribution in [0.25, 0.3) is 6.08 Å². The van der Waals surface area contributed by atoms with Gasteiger partial charge in [0.1, 0.15) is 0 Å². The molecule has 0 atom stereocenters. The van der Waals surface area contributed by atoms with E-state index in [1.54, 1.807) is 11.6 Å². The van der Waals surface area contributed by atoms with Gasteiger partial charge in [-0.25, -0.2) is 5.48 Å². The van der Waals surface area contributed by atoms with E-state index in [0.717, 1.165) is 50.3 Å². The van der Waals surface area contributed by atoms with E-state index in [1.165, 1.54) is 25.3 Å². The van der Waals surface area contributed by atoms with Gasteiger partial charge in [-0.2, -0.15) is 0 Å². The highest BCUT2D eigenvalue weighted by Crippen LogP contribution is 2.27. The first-order valence-electron chi connectivity index (χ1n) is 9.44. The molecule has 1 aromatic carbocycles. The number of carbonyl (C=O) groups is 2. The monoisotopic (exact) mass is 357 g/mol. The molecule has 26 heavy (non-hydrogen) atoms. The summed E-state index contributed by atoms with van der Waals surface area (Å²) in [5.41, 5.74) is 3.56. The zero-order chi connectivity index (χ0) is 18.4. The highest BCUT2D eigenvalue weighted by Gasteiger charge is 2.28. The lowest BCUT2D eigenvalue weighted by atomic mass is 9.88. The van der Waals surface area contributed by atoms with Crippen molar-refractivity contribution in [1.29, 1.82) is 0 Å². The number of nitrogens with zero attached hydrogens (tertiary/aromatic N) is 2. The summed E-state index contributed by atoms with van der Waals surface area (Å²) in [6.07, 6.45) is 8.70. The Balaban J connectivity index is 1.62. The average Bonchev–Trinajstić information content (AvgIpc) is 2.72. The molecule has 2 N–H and O–H groups in total. The Morgan fingerprint density at radius 3 is 2.42 bits per heavy atom. The molecule has 140 valence electrons. The molecule has 1 saturated heterocycles. The van der Waals surface area contributed by atoms with Gasteiger partial charge < -0.3 is 9.80 Å². The Kier molecular flexibility index (Phi) is 6.28. The second-order valence-electron chi connectivity index (χ2n) is 7.02. The van der Waals surface area contributed by atoms with Gasteiger partial charge in [0.15, 0.2) is 0 Å². The molecule has 1 aromatic rings. The number of hydrogen-bond acceptors (Lipinski definition) is 4. The van der Waals surface area contributed by atoms with Crippen molar-refractivity contribution in [3.05, 3.63) is 35.9 Å². The summed E-state index contributed by atoms with van der Waals surface area (Å²) in [6.45, 7) is 3.06. The highest BCUT2D eigenvalue weighted by atomic mass is 16.5. The van der Waals surface area contributed by atoms with Crippen LogP contribution in [0.15, 0.2) is 30.3 Å². The van der Waals surface area contributed by atoms with Crippen LogP contribution in [-0.4, -0.2) is 48.1 Å². The van der Waals surface area contributed by atoms with Crippen molar-refractivity contribution >= 4 is 23.6 Å². The second-order valence-corrected chi connectivity index (χ2v) is 7.02. The molecule has 6 heteroatoms. The summed E-state index contributed by atoms with van der Waals surface area (Å²) in [5, 5.41) is 8.62. The van der Waals surface area contributed by atoms with E-state index in [4.69, 9.17) is 5.21 Å². The molecule has 1 aliphatic heterocycles. The lowest BCUT2D eigenvalue weighted by molar-refractivity contribution is -0.136. The molecular weight excluding hydrogens is 330 g/mol. The van der Waals surface area contributed by atoms with Crippen molar-refractivity contribution in [2.75, 3.05) is 31.1 Å². The van der Waals surface area contributed by atoms with E-state index in [9.17, 15) is 9.59 Å². The SMILES string of the molecule is O=C(/C=C/c1ccccc1N1CCN(C(=O)C2CCCCC2)CC1)NO. The standard InChI is InChI=1S/C20H27N3O3/c24-19(21-26)11-10-16-6-4-5-9-18(16)22-12-14-23(15-13-22)20(25)17-7-2-1-3-8-17/h4-6,9-11,17,26H,1-3,7-8,12-15H2,(H,21,24)/b11-10+. The molecule has 6 nitrogen and oxygen atoms in total. The quantitative estimate of drug-likeness (QED) is 0.493. The fraction of sp³-hybridized carbons (Fsp3) is 0.500. The Hall–Kier alpha value is -2.34. The fourth-order valence-corrected chi connectivity index (χ4v) is 3.89. The van der Waals surface area contributed by atoms with E-state index in [2.05, 4.69) is 4.90 Å². The lowest BCUT2D eigenvalue weighted by Crippen LogP contribution is -2.50. The molecule has 1 heterocycles. The van der Waals surface area contributed by atoms with Gasteiger partial charge in [-0.1, -0.05) is 37.5 Å². The van der Waals surface area contributed by atoms with Gasteiger partial charge in [-0.05, 0) is 30.5 Å². The Morgan fingerprint density at radius 2 is 1.73 bits per heavy atom. The van der Waals surface area contributed by atoms with Crippen molar-refractivity contribution in [3.8, 4) is 0 Å². The number of benzene rings is 1. The molecule has 2 amide bonds. The first kappa shape index (κ1) is 18.5. The Bertz CT molecular complexity index is 660. The molecule has 0 unspecified atom stereocenters. The zero-order valence-corrected chi connectivity index (χ0v) is 15.1. The van der Waals surface area contributed by atoms with Crippen LogP contribution in [-0.2, 0) is 9.59 Å². The van der Waals surface area contributed by atoms with Crippen LogP contribution >= 0.6 is 0 Å². The van der Waals surface area contributed by atoms with Gasteiger partial charge in [0.2, 0.25) is 5.91 Å². The number of carbonyl (C=O) groups excluding carboxylic acids is 2. The number of anilines is 1. The van der Waals surface area contributed by atoms with Gasteiger partial charge >= 0.3 is 0 Å². The lowest BCUT2D eigenvalue weighted by Gasteiger charge is -2.38. The number of para-hydroxylation sites is 1. The van der Waals surface area contributed by atoms with E-state index < -0.39 is 5.91 Å². The summed E-state index contributed by atoms with van der Waals surface area (Å²) >= 11 is 0. The zero-order valence-electron chi connectivity index (χ0n) is 15.1. The van der Waals surface area contributed by atoms with E-state index in [1.807, 2.05) is 29.2 Å². The van der Waals surface area contributed by atoms with Crippen molar-refractivity contribution in [2.24, 2.45) is 5.92 Å². The summed E-state index contributed by atoms with van der Waals surface area (Å²) in [7, 11) is 0. The summed E-state index contributed by atoms with van der Waals surface area (Å²) in [4.78, 5) is 28.2. The van der Waals surface area contributed by atoms with Crippen LogP contribution in [0.5, 0.6) is 0 Å². The maximum atomic E-state index is 12.7. The highest BCUT2D eigenvalue weighted by molar-refractivity contribution is 5.91. The molecule has 2 fully saturated rings. The summed E-state index contributed by atoms with van der Waals surface area (Å²) in [5.74, 6) is 0.00219. The van der Waals surface area contributed by atoms with Gasteiger partial charge in [-0.15, -0.1) is 0 Å².